The number of amides is 1. The van der Waals surface area contributed by atoms with Crippen molar-refractivity contribution in [3.8, 4) is 5.75 Å². The van der Waals surface area contributed by atoms with Gasteiger partial charge in [-0.3, -0.25) is 9.89 Å². The van der Waals surface area contributed by atoms with Crippen LogP contribution in [0.25, 0.3) is 0 Å². The predicted molar refractivity (Wildman–Crippen MR) is 68.5 cm³/mol. The van der Waals surface area contributed by atoms with Crippen molar-refractivity contribution in [1.82, 2.24) is 10.2 Å². The van der Waals surface area contributed by atoms with E-state index in [4.69, 9.17) is 4.74 Å². The average molecular weight is 245 g/mol. The number of ether oxygens (including phenoxy) is 1. The summed E-state index contributed by atoms with van der Waals surface area (Å²) in [5, 5.41) is 9.02. The number of aryl methyl sites for hydroxylation is 1. The molecule has 0 fully saturated rings. The van der Waals surface area contributed by atoms with Crippen LogP contribution in [0.3, 0.4) is 0 Å². The number of H-pyrrole nitrogens is 1. The Hall–Kier alpha value is -2.30. The molecule has 0 aliphatic rings. The molecule has 0 aliphatic carbocycles. The lowest BCUT2D eigenvalue weighted by molar-refractivity contribution is -0.118. The molecule has 5 heteroatoms. The van der Waals surface area contributed by atoms with Crippen LogP contribution in [-0.4, -0.2) is 22.7 Å². The van der Waals surface area contributed by atoms with E-state index in [0.717, 1.165) is 6.42 Å². The molecule has 0 saturated carbocycles. The van der Waals surface area contributed by atoms with E-state index in [0.29, 0.717) is 11.6 Å². The fraction of sp³-hybridized carbons (Fsp3) is 0.231. The van der Waals surface area contributed by atoms with Crippen LogP contribution in [0.4, 0.5) is 5.82 Å². The lowest BCUT2D eigenvalue weighted by Gasteiger charge is -2.07. The lowest BCUT2D eigenvalue weighted by Crippen LogP contribution is -2.20. The number of anilines is 1. The summed E-state index contributed by atoms with van der Waals surface area (Å²) in [5.41, 5.74) is 1.18. The van der Waals surface area contributed by atoms with Crippen molar-refractivity contribution in [2.24, 2.45) is 0 Å². The highest BCUT2D eigenvalue weighted by molar-refractivity contribution is 5.90. The van der Waals surface area contributed by atoms with Crippen molar-refractivity contribution in [2.75, 3.05) is 11.9 Å². The summed E-state index contributed by atoms with van der Waals surface area (Å²) in [6, 6.07) is 9.39. The maximum Gasteiger partial charge on any atom is 0.263 e. The SMILES string of the molecule is CCc1cccc(OCC(=O)Nc2ccn[nH]2)c1. The largest absolute Gasteiger partial charge is 0.484 e. The molecule has 18 heavy (non-hydrogen) atoms. The lowest BCUT2D eigenvalue weighted by atomic mass is 10.2. The topological polar surface area (TPSA) is 67.0 Å². The Labute approximate surface area is 105 Å². The first-order valence-electron chi connectivity index (χ1n) is 5.79. The molecule has 1 aromatic heterocycles. The Morgan fingerprint density at radius 3 is 3.06 bits per heavy atom. The Balaban J connectivity index is 1.85. The normalized spacial score (nSPS) is 10.1. The van der Waals surface area contributed by atoms with Gasteiger partial charge in [0.15, 0.2) is 6.61 Å². The third-order valence-electron chi connectivity index (χ3n) is 2.45. The van der Waals surface area contributed by atoms with Crippen molar-refractivity contribution in [3.05, 3.63) is 42.1 Å². The molecule has 0 saturated heterocycles. The summed E-state index contributed by atoms with van der Waals surface area (Å²) in [7, 11) is 0. The third-order valence-corrected chi connectivity index (χ3v) is 2.45. The van der Waals surface area contributed by atoms with Crippen LogP contribution in [-0.2, 0) is 11.2 Å². The monoisotopic (exact) mass is 245 g/mol. The minimum absolute atomic E-state index is 0.0216. The van der Waals surface area contributed by atoms with Gasteiger partial charge in [0, 0.05) is 6.07 Å². The maximum atomic E-state index is 11.6. The maximum absolute atomic E-state index is 11.6. The standard InChI is InChI=1S/C13H15N3O2/c1-2-10-4-3-5-11(8-10)18-9-13(17)15-12-6-7-14-16-12/h3-8H,2,9H2,1H3,(H2,14,15,16,17). The number of carbonyl (C=O) groups is 1. The first kappa shape index (κ1) is 12.2. The number of benzene rings is 1. The van der Waals surface area contributed by atoms with Gasteiger partial charge in [0.05, 0.1) is 6.20 Å². The fourth-order valence-electron chi connectivity index (χ4n) is 1.52. The van der Waals surface area contributed by atoms with Crippen molar-refractivity contribution in [2.45, 2.75) is 13.3 Å². The Bertz CT molecular complexity index is 509. The number of aromatic nitrogens is 2. The minimum atomic E-state index is -0.221. The summed E-state index contributed by atoms with van der Waals surface area (Å²) in [6.07, 6.45) is 2.51. The zero-order chi connectivity index (χ0) is 12.8. The van der Waals surface area contributed by atoms with E-state index in [1.807, 2.05) is 24.3 Å². The zero-order valence-electron chi connectivity index (χ0n) is 10.1. The van der Waals surface area contributed by atoms with Gasteiger partial charge >= 0.3 is 0 Å². The molecular weight excluding hydrogens is 230 g/mol. The van der Waals surface area contributed by atoms with E-state index in [2.05, 4.69) is 22.4 Å². The van der Waals surface area contributed by atoms with Crippen LogP contribution in [0.2, 0.25) is 0 Å². The van der Waals surface area contributed by atoms with Crippen LogP contribution in [0.1, 0.15) is 12.5 Å². The first-order chi connectivity index (χ1) is 8.78. The van der Waals surface area contributed by atoms with Gasteiger partial charge in [-0.1, -0.05) is 19.1 Å². The second-order valence-corrected chi connectivity index (χ2v) is 3.81. The number of nitrogens with one attached hydrogen (secondary N) is 2. The summed E-state index contributed by atoms with van der Waals surface area (Å²) in [4.78, 5) is 11.6. The van der Waals surface area contributed by atoms with Crippen molar-refractivity contribution < 1.29 is 9.53 Å². The van der Waals surface area contributed by atoms with Gasteiger partial charge in [0.25, 0.3) is 5.91 Å². The molecule has 1 heterocycles. The van der Waals surface area contributed by atoms with Crippen LogP contribution in [0.15, 0.2) is 36.5 Å². The number of nitrogens with zero attached hydrogens (tertiary/aromatic N) is 1. The quantitative estimate of drug-likeness (QED) is 0.846. The van der Waals surface area contributed by atoms with Crippen molar-refractivity contribution in [1.29, 1.82) is 0 Å². The average Bonchev–Trinajstić information content (AvgIpc) is 2.89. The van der Waals surface area contributed by atoms with Crippen molar-refractivity contribution >= 4 is 11.7 Å². The molecule has 1 aromatic carbocycles. The third kappa shape index (κ3) is 3.35. The van der Waals surface area contributed by atoms with Gasteiger partial charge in [-0.05, 0) is 24.1 Å². The van der Waals surface area contributed by atoms with E-state index in [1.165, 1.54) is 5.56 Å². The number of hydrogen-bond acceptors (Lipinski definition) is 3. The summed E-state index contributed by atoms with van der Waals surface area (Å²) < 4.78 is 5.41. The number of hydrogen-bond donors (Lipinski definition) is 2. The molecule has 2 aromatic rings. The second kappa shape index (κ2) is 5.86. The molecule has 0 aliphatic heterocycles. The molecule has 94 valence electrons. The highest BCUT2D eigenvalue weighted by Gasteiger charge is 2.04. The summed E-state index contributed by atoms with van der Waals surface area (Å²) in [6.45, 7) is 2.05. The van der Waals surface area contributed by atoms with E-state index in [9.17, 15) is 4.79 Å². The molecule has 5 nitrogen and oxygen atoms in total. The molecule has 1 amide bonds. The van der Waals surface area contributed by atoms with E-state index in [1.54, 1.807) is 12.3 Å². The number of aromatic amines is 1. The van der Waals surface area contributed by atoms with Gasteiger partial charge < -0.3 is 10.1 Å². The molecule has 0 atom stereocenters. The first-order valence-corrected chi connectivity index (χ1v) is 5.79. The smallest absolute Gasteiger partial charge is 0.263 e. The van der Waals surface area contributed by atoms with Gasteiger partial charge in [0.1, 0.15) is 11.6 Å². The van der Waals surface area contributed by atoms with Crippen LogP contribution in [0, 0.1) is 0 Å². The fourth-order valence-corrected chi connectivity index (χ4v) is 1.52. The Kier molecular flexibility index (Phi) is 3.96. The Morgan fingerprint density at radius 1 is 1.44 bits per heavy atom. The van der Waals surface area contributed by atoms with Gasteiger partial charge in [-0.15, -0.1) is 0 Å². The van der Waals surface area contributed by atoms with Gasteiger partial charge in [-0.2, -0.15) is 5.10 Å². The molecule has 0 unspecified atom stereocenters. The van der Waals surface area contributed by atoms with Crippen LogP contribution >= 0.6 is 0 Å². The number of rotatable bonds is 5. The van der Waals surface area contributed by atoms with Gasteiger partial charge in [-0.25, -0.2) is 0 Å². The Morgan fingerprint density at radius 2 is 2.33 bits per heavy atom. The van der Waals surface area contributed by atoms with Crippen LogP contribution < -0.4 is 10.1 Å². The number of carbonyl (C=O) groups excluding carboxylic acids is 1. The molecule has 0 spiro atoms. The van der Waals surface area contributed by atoms with E-state index < -0.39 is 0 Å². The highest BCUT2D eigenvalue weighted by Crippen LogP contribution is 2.13. The van der Waals surface area contributed by atoms with Gasteiger partial charge in [0.2, 0.25) is 0 Å². The molecule has 2 rings (SSSR count). The zero-order valence-corrected chi connectivity index (χ0v) is 10.1. The van der Waals surface area contributed by atoms with Crippen LogP contribution in [0.5, 0.6) is 5.75 Å². The summed E-state index contributed by atoms with van der Waals surface area (Å²) >= 11 is 0. The van der Waals surface area contributed by atoms with Crippen molar-refractivity contribution in [3.63, 3.8) is 0 Å². The molecule has 0 radical (unpaired) electrons. The second-order valence-electron chi connectivity index (χ2n) is 3.81. The van der Waals surface area contributed by atoms with E-state index in [-0.39, 0.29) is 12.5 Å². The highest BCUT2D eigenvalue weighted by atomic mass is 16.5. The summed E-state index contributed by atoms with van der Waals surface area (Å²) in [5.74, 6) is 1.04. The molecular formula is C13H15N3O2. The minimum Gasteiger partial charge on any atom is -0.484 e. The van der Waals surface area contributed by atoms with E-state index >= 15 is 0 Å². The predicted octanol–water partition coefficient (Wildman–Crippen LogP) is 1.99. The molecule has 2 N–H and O–H groups in total. The molecule has 0 bridgehead atoms.